The predicted molar refractivity (Wildman–Crippen MR) is 225 cm³/mol. The molecule has 1 aromatic rings. The van der Waals surface area contributed by atoms with Gasteiger partial charge in [-0.25, -0.2) is 4.57 Å². The van der Waals surface area contributed by atoms with E-state index in [1.54, 1.807) is 72.7 Å². The maximum Gasteiger partial charge on any atom is 0.531 e. The lowest BCUT2D eigenvalue weighted by Gasteiger charge is -2.30. The van der Waals surface area contributed by atoms with Crippen LogP contribution in [0.25, 0.3) is 0 Å². The summed E-state index contributed by atoms with van der Waals surface area (Å²) in [6.07, 6.45) is 13.6. The van der Waals surface area contributed by atoms with Crippen LogP contribution in [0.1, 0.15) is 166 Å². The van der Waals surface area contributed by atoms with Crippen molar-refractivity contribution >= 4 is 31.5 Å². The van der Waals surface area contributed by atoms with Gasteiger partial charge in [-0.1, -0.05) is 104 Å². The molecule has 0 aromatic heterocycles. The number of benzene rings is 1. The SMILES string of the molecule is CCCCCCCCN(CCCCCCCC)C(=O)[C@H](C)NC(=O)[C@@H](NC(=O)[C@H](Cc1ccc(OP(=O)(OC(C)(C)C)OC(C)(C)C)cc1)NC(C)=O)C(C)C. The Kier molecular flexibility index (Phi) is 23.2. The van der Waals surface area contributed by atoms with Crippen molar-refractivity contribution in [3.05, 3.63) is 29.8 Å². The van der Waals surface area contributed by atoms with E-state index < -0.39 is 54.9 Å². The van der Waals surface area contributed by atoms with Gasteiger partial charge in [0, 0.05) is 26.4 Å². The van der Waals surface area contributed by atoms with Crippen LogP contribution < -0.4 is 20.5 Å². The topological polar surface area (TPSA) is 152 Å². The third kappa shape index (κ3) is 22.1. The Labute approximate surface area is 339 Å². The second-order valence-corrected chi connectivity index (χ2v) is 18.8. The van der Waals surface area contributed by atoms with Gasteiger partial charge in [-0.3, -0.25) is 28.2 Å². The zero-order valence-electron chi connectivity index (χ0n) is 36.9. The molecule has 13 heteroatoms. The van der Waals surface area contributed by atoms with Gasteiger partial charge in [0.25, 0.3) is 0 Å². The highest BCUT2D eigenvalue weighted by Gasteiger charge is 2.39. The highest BCUT2D eigenvalue weighted by molar-refractivity contribution is 7.49. The van der Waals surface area contributed by atoms with Gasteiger partial charge in [0.05, 0.1) is 11.2 Å². The smallest absolute Gasteiger partial charge is 0.404 e. The monoisotopic (exact) mass is 809 g/mol. The van der Waals surface area contributed by atoms with E-state index >= 15 is 0 Å². The molecule has 0 saturated carbocycles. The number of carbonyl (C=O) groups excluding carboxylic acids is 4. The van der Waals surface area contributed by atoms with Crippen molar-refractivity contribution < 1.29 is 37.3 Å². The van der Waals surface area contributed by atoms with E-state index in [1.165, 1.54) is 45.4 Å². The van der Waals surface area contributed by atoms with Crippen LogP contribution in [0.2, 0.25) is 0 Å². The molecule has 3 N–H and O–H groups in total. The van der Waals surface area contributed by atoms with Crippen LogP contribution in [0.3, 0.4) is 0 Å². The third-order valence-electron chi connectivity index (χ3n) is 8.90. The fraction of sp³-hybridized carbons (Fsp3) is 0.767. The molecule has 0 radical (unpaired) electrons. The molecule has 0 saturated heterocycles. The zero-order valence-corrected chi connectivity index (χ0v) is 37.8. The van der Waals surface area contributed by atoms with E-state index in [-0.39, 0.29) is 24.0 Å². The second-order valence-electron chi connectivity index (χ2n) is 17.4. The van der Waals surface area contributed by atoms with Gasteiger partial charge in [0.2, 0.25) is 23.6 Å². The van der Waals surface area contributed by atoms with Crippen LogP contribution in [-0.2, 0) is 39.2 Å². The molecule has 1 aromatic carbocycles. The number of amides is 4. The van der Waals surface area contributed by atoms with Crippen molar-refractivity contribution in [2.45, 2.75) is 196 Å². The Morgan fingerprint density at radius 1 is 0.679 bits per heavy atom. The summed E-state index contributed by atoms with van der Waals surface area (Å²) in [5.74, 6) is -1.60. The third-order valence-corrected chi connectivity index (χ3v) is 10.9. The molecular weight excluding hydrogens is 731 g/mol. The van der Waals surface area contributed by atoms with Gasteiger partial charge in [0.15, 0.2) is 0 Å². The number of phosphoric ester groups is 1. The van der Waals surface area contributed by atoms with Crippen molar-refractivity contribution in [3.8, 4) is 5.75 Å². The largest absolute Gasteiger partial charge is 0.531 e. The molecule has 4 amide bonds. The van der Waals surface area contributed by atoms with Crippen LogP contribution in [-0.4, -0.2) is 70.9 Å². The van der Waals surface area contributed by atoms with Gasteiger partial charge in [-0.2, -0.15) is 0 Å². The first-order chi connectivity index (χ1) is 26.1. The first-order valence-electron chi connectivity index (χ1n) is 21.1. The number of phosphoric acid groups is 1. The van der Waals surface area contributed by atoms with Crippen LogP contribution in [0, 0.1) is 5.92 Å². The van der Waals surface area contributed by atoms with E-state index in [0.717, 1.165) is 38.5 Å². The summed E-state index contributed by atoms with van der Waals surface area (Å²) < 4.78 is 30.8. The molecule has 0 aliphatic heterocycles. The minimum absolute atomic E-state index is 0.105. The number of nitrogens with one attached hydrogen (secondary N) is 3. The standard InChI is InChI=1S/C43H77N4O8P/c1-13-15-17-19-21-23-29-47(30-24-22-20-18-16-14-2)41(51)33(5)44-40(50)38(32(3)4)46-39(49)37(45-34(6)48)31-35-25-27-36(28-26-35)53-56(52,54-42(7,8)9)55-43(10,11)12/h25-28,32-33,37-38H,13-24,29-31H2,1-12H3,(H,44,50)(H,45,48)(H,46,49)/t33-,37-,38-/m0/s1. The minimum atomic E-state index is -4.02. The van der Waals surface area contributed by atoms with E-state index in [4.69, 9.17) is 13.6 Å². The average Bonchev–Trinajstić information content (AvgIpc) is 3.07. The molecular formula is C43H77N4O8P. The van der Waals surface area contributed by atoms with Crippen molar-refractivity contribution in [3.63, 3.8) is 0 Å². The molecule has 12 nitrogen and oxygen atoms in total. The Morgan fingerprint density at radius 2 is 1.14 bits per heavy atom. The van der Waals surface area contributed by atoms with E-state index in [0.29, 0.717) is 18.7 Å². The lowest BCUT2D eigenvalue weighted by Crippen LogP contribution is -2.58. The number of nitrogens with zero attached hydrogens (tertiary/aromatic N) is 1. The Morgan fingerprint density at radius 3 is 1.57 bits per heavy atom. The van der Waals surface area contributed by atoms with Gasteiger partial charge < -0.3 is 25.4 Å². The number of carbonyl (C=O) groups is 4. The summed E-state index contributed by atoms with van der Waals surface area (Å²) in [4.78, 5) is 55.2. The van der Waals surface area contributed by atoms with E-state index in [9.17, 15) is 23.7 Å². The molecule has 56 heavy (non-hydrogen) atoms. The average molecular weight is 809 g/mol. The maximum atomic E-state index is 13.7. The lowest BCUT2D eigenvalue weighted by molar-refractivity contribution is -0.137. The molecule has 0 heterocycles. The summed E-state index contributed by atoms with van der Waals surface area (Å²) in [6, 6.07) is 3.84. The van der Waals surface area contributed by atoms with Gasteiger partial charge in [-0.05, 0) is 84.9 Å². The molecule has 0 aliphatic carbocycles. The van der Waals surface area contributed by atoms with Crippen LogP contribution in [0.15, 0.2) is 24.3 Å². The molecule has 3 atom stereocenters. The van der Waals surface area contributed by atoms with Crippen LogP contribution >= 0.6 is 7.82 Å². The molecule has 1 rings (SSSR count). The number of unbranched alkanes of at least 4 members (excludes halogenated alkanes) is 10. The number of hydrogen-bond donors (Lipinski definition) is 3. The second kappa shape index (κ2) is 25.4. The maximum absolute atomic E-state index is 13.7. The van der Waals surface area contributed by atoms with Crippen molar-refractivity contribution in [2.24, 2.45) is 5.92 Å². The summed E-state index contributed by atoms with van der Waals surface area (Å²) in [6.45, 7) is 22.9. The van der Waals surface area contributed by atoms with E-state index in [2.05, 4.69) is 29.8 Å². The molecule has 0 bridgehead atoms. The predicted octanol–water partition coefficient (Wildman–Crippen LogP) is 9.05. The Bertz CT molecular complexity index is 1340. The molecule has 0 spiro atoms. The van der Waals surface area contributed by atoms with Crippen molar-refractivity contribution in [1.82, 2.24) is 20.9 Å². The highest BCUT2D eigenvalue weighted by Crippen LogP contribution is 2.55. The highest BCUT2D eigenvalue weighted by atomic mass is 31.2. The summed E-state index contributed by atoms with van der Waals surface area (Å²) in [7, 11) is -4.02. The van der Waals surface area contributed by atoms with Crippen molar-refractivity contribution in [1.29, 1.82) is 0 Å². The lowest BCUT2D eigenvalue weighted by atomic mass is 10.0. The number of hydrogen-bond acceptors (Lipinski definition) is 8. The van der Waals surface area contributed by atoms with Gasteiger partial charge in [-0.15, -0.1) is 0 Å². The van der Waals surface area contributed by atoms with Crippen molar-refractivity contribution in [2.75, 3.05) is 13.1 Å². The minimum Gasteiger partial charge on any atom is -0.404 e. The first-order valence-corrected chi connectivity index (χ1v) is 22.5. The Balaban J connectivity index is 3.05. The normalized spacial score (nSPS) is 13.8. The van der Waals surface area contributed by atoms with Gasteiger partial charge in [0.1, 0.15) is 23.9 Å². The molecule has 0 aliphatic rings. The molecule has 322 valence electrons. The summed E-state index contributed by atoms with van der Waals surface area (Å²) in [5.41, 5.74) is -0.937. The zero-order chi connectivity index (χ0) is 42.5. The molecule has 0 unspecified atom stereocenters. The fourth-order valence-corrected chi connectivity index (χ4v) is 7.99. The van der Waals surface area contributed by atoms with Gasteiger partial charge >= 0.3 is 7.82 Å². The van der Waals surface area contributed by atoms with Crippen LogP contribution in [0.4, 0.5) is 0 Å². The first kappa shape index (κ1) is 51.1. The quantitative estimate of drug-likeness (QED) is 0.0588. The summed E-state index contributed by atoms with van der Waals surface area (Å²) in [5, 5.41) is 8.41. The molecule has 0 fully saturated rings. The van der Waals surface area contributed by atoms with E-state index in [1.807, 2.05) is 18.7 Å². The Hall–Kier alpha value is -2.95. The number of rotatable bonds is 27. The summed E-state index contributed by atoms with van der Waals surface area (Å²) >= 11 is 0. The van der Waals surface area contributed by atoms with Crippen LogP contribution in [0.5, 0.6) is 5.75 Å². The fourth-order valence-electron chi connectivity index (χ4n) is 6.16.